The summed E-state index contributed by atoms with van der Waals surface area (Å²) in [5, 5.41) is 0. The van der Waals surface area contributed by atoms with Crippen LogP contribution in [0.5, 0.6) is 11.5 Å². The first kappa shape index (κ1) is 14.3. The van der Waals surface area contributed by atoms with Gasteiger partial charge in [-0.1, -0.05) is 32.0 Å². The molecule has 2 rings (SSSR count). The largest absolute Gasteiger partial charge is 0.457 e. The molecule has 0 fully saturated rings. The van der Waals surface area contributed by atoms with Crippen molar-refractivity contribution in [2.75, 3.05) is 0 Å². The molecule has 0 aliphatic rings. The highest BCUT2D eigenvalue weighted by Crippen LogP contribution is 2.28. The topological polar surface area (TPSA) is 26.3 Å². The van der Waals surface area contributed by atoms with E-state index in [0.29, 0.717) is 11.7 Å². The average molecular weight is 272 g/mol. The Hall–Kier alpha value is -2.16. The number of ketones is 1. The zero-order valence-corrected chi connectivity index (χ0v) is 11.8. The number of benzene rings is 2. The van der Waals surface area contributed by atoms with E-state index >= 15 is 0 Å². The molecule has 2 nitrogen and oxygen atoms in total. The monoisotopic (exact) mass is 272 g/mol. The van der Waals surface area contributed by atoms with Crippen molar-refractivity contribution in [2.45, 2.75) is 26.7 Å². The maximum atomic E-state index is 13.7. The van der Waals surface area contributed by atoms with Gasteiger partial charge in [-0.25, -0.2) is 4.39 Å². The number of hydrogen-bond acceptors (Lipinski definition) is 2. The fourth-order valence-electron chi connectivity index (χ4n) is 1.98. The molecule has 0 spiro atoms. The number of carbonyl (C=O) groups is 1. The van der Waals surface area contributed by atoms with Crippen LogP contribution in [0.2, 0.25) is 0 Å². The first-order valence-electron chi connectivity index (χ1n) is 6.56. The van der Waals surface area contributed by atoms with Gasteiger partial charge in [-0.05, 0) is 42.7 Å². The van der Waals surface area contributed by atoms with Crippen LogP contribution in [0.4, 0.5) is 4.39 Å². The number of Topliss-reactive ketones (excluding diaryl/α,β-unsaturated/α-hetero) is 1. The van der Waals surface area contributed by atoms with Crippen LogP contribution in [0.3, 0.4) is 0 Å². The van der Waals surface area contributed by atoms with Gasteiger partial charge in [0.1, 0.15) is 17.3 Å². The van der Waals surface area contributed by atoms with Gasteiger partial charge in [-0.2, -0.15) is 0 Å². The van der Waals surface area contributed by atoms with E-state index in [0.717, 1.165) is 0 Å². The van der Waals surface area contributed by atoms with Gasteiger partial charge in [-0.15, -0.1) is 0 Å². The highest BCUT2D eigenvalue weighted by molar-refractivity contribution is 5.97. The Kier molecular flexibility index (Phi) is 4.18. The summed E-state index contributed by atoms with van der Waals surface area (Å²) in [5.74, 6) is 0.356. The highest BCUT2D eigenvalue weighted by atomic mass is 19.1. The van der Waals surface area contributed by atoms with Gasteiger partial charge in [0.25, 0.3) is 0 Å². The zero-order chi connectivity index (χ0) is 14.7. The SMILES string of the molecule is CC(=O)c1c(F)cccc1Oc1ccc(C(C)C)cc1. The first-order valence-corrected chi connectivity index (χ1v) is 6.56. The average Bonchev–Trinajstić information content (AvgIpc) is 2.39. The molecule has 0 unspecified atom stereocenters. The Morgan fingerprint density at radius 3 is 2.30 bits per heavy atom. The van der Waals surface area contributed by atoms with Crippen molar-refractivity contribution >= 4 is 5.78 Å². The normalized spacial score (nSPS) is 10.7. The summed E-state index contributed by atoms with van der Waals surface area (Å²) in [5.41, 5.74) is 1.18. The van der Waals surface area contributed by atoms with Gasteiger partial charge < -0.3 is 4.74 Å². The van der Waals surface area contributed by atoms with Crippen LogP contribution in [0.1, 0.15) is 42.6 Å². The maximum absolute atomic E-state index is 13.7. The molecular formula is C17H17FO2. The van der Waals surface area contributed by atoms with Crippen LogP contribution < -0.4 is 4.74 Å². The number of hydrogen-bond donors (Lipinski definition) is 0. The van der Waals surface area contributed by atoms with Gasteiger partial charge in [0, 0.05) is 0 Å². The Balaban J connectivity index is 2.30. The molecule has 0 aliphatic heterocycles. The van der Waals surface area contributed by atoms with E-state index in [-0.39, 0.29) is 17.1 Å². The standard InChI is InChI=1S/C17H17FO2/c1-11(2)13-7-9-14(10-8-13)20-16-6-4-5-15(18)17(16)12(3)19/h4-11H,1-3H3. The van der Waals surface area contributed by atoms with Crippen LogP contribution in [0.25, 0.3) is 0 Å². The second-order valence-electron chi connectivity index (χ2n) is 4.99. The minimum absolute atomic E-state index is 0.0135. The molecule has 2 aromatic carbocycles. The predicted octanol–water partition coefficient (Wildman–Crippen LogP) is 4.94. The Labute approximate surface area is 118 Å². The van der Waals surface area contributed by atoms with Crippen molar-refractivity contribution in [3.63, 3.8) is 0 Å². The summed E-state index contributed by atoms with van der Waals surface area (Å²) < 4.78 is 19.3. The number of halogens is 1. The summed E-state index contributed by atoms with van der Waals surface area (Å²) in [6.45, 7) is 5.54. The van der Waals surface area contributed by atoms with E-state index < -0.39 is 5.82 Å². The van der Waals surface area contributed by atoms with Crippen molar-refractivity contribution in [2.24, 2.45) is 0 Å². The molecule has 0 radical (unpaired) electrons. The van der Waals surface area contributed by atoms with Crippen LogP contribution in [-0.2, 0) is 0 Å². The minimum atomic E-state index is -0.561. The molecule has 20 heavy (non-hydrogen) atoms. The van der Waals surface area contributed by atoms with Gasteiger partial charge in [0.05, 0.1) is 5.56 Å². The van der Waals surface area contributed by atoms with Gasteiger partial charge >= 0.3 is 0 Å². The summed E-state index contributed by atoms with van der Waals surface area (Å²) in [6.07, 6.45) is 0. The van der Waals surface area contributed by atoms with Crippen molar-refractivity contribution in [1.82, 2.24) is 0 Å². The van der Waals surface area contributed by atoms with E-state index in [1.165, 1.54) is 24.6 Å². The lowest BCUT2D eigenvalue weighted by Crippen LogP contribution is -2.00. The molecular weight excluding hydrogens is 255 g/mol. The van der Waals surface area contributed by atoms with E-state index in [1.54, 1.807) is 6.07 Å². The molecule has 104 valence electrons. The maximum Gasteiger partial charge on any atom is 0.166 e. The van der Waals surface area contributed by atoms with Crippen LogP contribution in [0.15, 0.2) is 42.5 Å². The van der Waals surface area contributed by atoms with Crippen LogP contribution >= 0.6 is 0 Å². The molecule has 0 saturated heterocycles. The van der Waals surface area contributed by atoms with Crippen molar-refractivity contribution < 1.29 is 13.9 Å². The molecule has 0 aliphatic carbocycles. The predicted molar refractivity (Wildman–Crippen MR) is 77.0 cm³/mol. The first-order chi connectivity index (χ1) is 9.49. The number of ether oxygens (including phenoxy) is 1. The molecule has 2 aromatic rings. The quantitative estimate of drug-likeness (QED) is 0.736. The second-order valence-corrected chi connectivity index (χ2v) is 4.99. The minimum Gasteiger partial charge on any atom is -0.457 e. The van der Waals surface area contributed by atoms with E-state index in [2.05, 4.69) is 13.8 Å². The number of rotatable bonds is 4. The summed E-state index contributed by atoms with van der Waals surface area (Å²) in [4.78, 5) is 11.5. The third-order valence-corrected chi connectivity index (χ3v) is 3.10. The second kappa shape index (κ2) is 5.87. The molecule has 0 N–H and O–H groups in total. The molecule has 0 saturated carbocycles. The Bertz CT molecular complexity index is 615. The molecule has 0 atom stereocenters. The lowest BCUT2D eigenvalue weighted by atomic mass is 10.0. The smallest absolute Gasteiger partial charge is 0.166 e. The van der Waals surface area contributed by atoms with E-state index in [1.807, 2.05) is 24.3 Å². The molecule has 0 bridgehead atoms. The summed E-state index contributed by atoms with van der Waals surface area (Å²) in [6, 6.07) is 12.0. The van der Waals surface area contributed by atoms with Gasteiger partial charge in [-0.3, -0.25) is 4.79 Å². The number of carbonyl (C=O) groups excluding carboxylic acids is 1. The van der Waals surface area contributed by atoms with Gasteiger partial charge in [0.15, 0.2) is 5.78 Å². The highest BCUT2D eigenvalue weighted by Gasteiger charge is 2.14. The fourth-order valence-corrected chi connectivity index (χ4v) is 1.98. The van der Waals surface area contributed by atoms with Crippen molar-refractivity contribution in [1.29, 1.82) is 0 Å². The lowest BCUT2D eigenvalue weighted by molar-refractivity contribution is 0.101. The fraction of sp³-hybridized carbons (Fsp3) is 0.235. The van der Waals surface area contributed by atoms with Crippen LogP contribution in [0, 0.1) is 5.82 Å². The molecule has 0 heterocycles. The van der Waals surface area contributed by atoms with Gasteiger partial charge in [0.2, 0.25) is 0 Å². The third-order valence-electron chi connectivity index (χ3n) is 3.10. The Morgan fingerprint density at radius 1 is 1.10 bits per heavy atom. The molecule has 0 aromatic heterocycles. The van der Waals surface area contributed by atoms with E-state index in [4.69, 9.17) is 4.74 Å². The summed E-state index contributed by atoms with van der Waals surface area (Å²) >= 11 is 0. The third kappa shape index (κ3) is 3.05. The van der Waals surface area contributed by atoms with E-state index in [9.17, 15) is 9.18 Å². The molecule has 3 heteroatoms. The zero-order valence-electron chi connectivity index (χ0n) is 11.8. The van der Waals surface area contributed by atoms with Crippen molar-refractivity contribution in [3.8, 4) is 11.5 Å². The summed E-state index contributed by atoms with van der Waals surface area (Å²) in [7, 11) is 0. The van der Waals surface area contributed by atoms with Crippen LogP contribution in [-0.4, -0.2) is 5.78 Å². The molecule has 0 amide bonds. The lowest BCUT2D eigenvalue weighted by Gasteiger charge is -2.11. The van der Waals surface area contributed by atoms with Crippen molar-refractivity contribution in [3.05, 3.63) is 59.4 Å². The Morgan fingerprint density at radius 2 is 1.75 bits per heavy atom.